The van der Waals surface area contributed by atoms with Crippen LogP contribution in [0.15, 0.2) is 22.7 Å². The molecule has 2 N–H and O–H groups in total. The summed E-state index contributed by atoms with van der Waals surface area (Å²) in [5.74, 6) is -1.26. The molecule has 1 atom stereocenters. The van der Waals surface area contributed by atoms with E-state index in [9.17, 15) is 14.7 Å². The molecule has 1 aliphatic heterocycles. The fraction of sp³-hybridized carbons (Fsp3) is 0.273. The molecule has 90 valence electrons. The van der Waals surface area contributed by atoms with Crippen LogP contribution in [-0.4, -0.2) is 41.2 Å². The number of hydrogen-bond donors (Lipinski definition) is 2. The maximum atomic E-state index is 11.7. The highest BCUT2D eigenvalue weighted by Crippen LogP contribution is 2.31. The average molecular weight is 300 g/mol. The molecule has 1 amide bonds. The van der Waals surface area contributed by atoms with Gasteiger partial charge in [0.25, 0.3) is 11.7 Å². The zero-order valence-corrected chi connectivity index (χ0v) is 10.3. The molecule has 1 unspecified atom stereocenters. The summed E-state index contributed by atoms with van der Waals surface area (Å²) < 4.78 is 0.738. The van der Waals surface area contributed by atoms with E-state index in [4.69, 9.17) is 5.11 Å². The number of carbonyl (C=O) groups excluding carboxylic acids is 2. The Bertz CT molecular complexity index is 488. The molecule has 0 radical (unpaired) electrons. The number of anilines is 1. The molecule has 0 fully saturated rings. The third kappa shape index (κ3) is 2.11. The van der Waals surface area contributed by atoms with Gasteiger partial charge in [-0.1, -0.05) is 15.9 Å². The third-order valence-electron chi connectivity index (χ3n) is 2.54. The van der Waals surface area contributed by atoms with Gasteiger partial charge in [-0.2, -0.15) is 0 Å². The number of fused-ring (bicyclic) bond motifs is 1. The molecular weight excluding hydrogens is 290 g/mol. The molecular formula is C11H10BrNO4. The Morgan fingerprint density at radius 2 is 2.06 bits per heavy atom. The second kappa shape index (κ2) is 4.56. The van der Waals surface area contributed by atoms with Crippen molar-refractivity contribution in [3.8, 4) is 0 Å². The van der Waals surface area contributed by atoms with Crippen molar-refractivity contribution in [2.45, 2.75) is 6.10 Å². The summed E-state index contributed by atoms with van der Waals surface area (Å²) in [7, 11) is 0. The highest BCUT2D eigenvalue weighted by Gasteiger charge is 2.36. The normalized spacial score (nSPS) is 16.3. The van der Waals surface area contributed by atoms with Gasteiger partial charge < -0.3 is 15.1 Å². The summed E-state index contributed by atoms with van der Waals surface area (Å²) in [5, 5.41) is 18.1. The molecule has 0 saturated carbocycles. The fourth-order valence-electron chi connectivity index (χ4n) is 1.72. The van der Waals surface area contributed by atoms with Crippen molar-refractivity contribution in [1.82, 2.24) is 0 Å². The number of rotatable bonds is 3. The number of β-amino-alcohol motifs (C(OH)–C–C–N with tert-alkyl or cyclic N) is 1. The van der Waals surface area contributed by atoms with Crippen molar-refractivity contribution in [2.75, 3.05) is 18.1 Å². The summed E-state index contributed by atoms with van der Waals surface area (Å²) >= 11 is 3.25. The van der Waals surface area contributed by atoms with Crippen LogP contribution in [-0.2, 0) is 4.79 Å². The molecule has 6 heteroatoms. The summed E-state index contributed by atoms with van der Waals surface area (Å²) in [5.41, 5.74) is 0.783. The number of Topliss-reactive ketones (excluding diaryl/α,β-unsaturated/α-hetero) is 1. The highest BCUT2D eigenvalue weighted by atomic mass is 79.9. The Balaban J connectivity index is 2.39. The molecule has 0 aliphatic carbocycles. The van der Waals surface area contributed by atoms with Crippen LogP contribution in [0, 0.1) is 0 Å². The second-order valence-corrected chi connectivity index (χ2v) is 4.66. The van der Waals surface area contributed by atoms with E-state index < -0.39 is 24.4 Å². The molecule has 1 aromatic carbocycles. The van der Waals surface area contributed by atoms with Crippen molar-refractivity contribution in [3.05, 3.63) is 28.2 Å². The van der Waals surface area contributed by atoms with Gasteiger partial charge in [0.2, 0.25) is 0 Å². The summed E-state index contributed by atoms with van der Waals surface area (Å²) in [6.45, 7) is -0.550. The average Bonchev–Trinajstić information content (AvgIpc) is 2.54. The number of ketones is 1. The van der Waals surface area contributed by atoms with E-state index >= 15 is 0 Å². The van der Waals surface area contributed by atoms with Crippen molar-refractivity contribution < 1.29 is 19.8 Å². The first-order chi connectivity index (χ1) is 8.04. The van der Waals surface area contributed by atoms with E-state index in [0.717, 1.165) is 4.47 Å². The summed E-state index contributed by atoms with van der Waals surface area (Å²) in [6.07, 6.45) is -1.06. The zero-order chi connectivity index (χ0) is 12.6. The Labute approximate surface area is 106 Å². The van der Waals surface area contributed by atoms with Gasteiger partial charge in [-0.3, -0.25) is 9.59 Å². The minimum absolute atomic E-state index is 0.0927. The van der Waals surface area contributed by atoms with Crippen LogP contribution in [0.25, 0.3) is 0 Å². The lowest BCUT2D eigenvalue weighted by molar-refractivity contribution is -0.114. The van der Waals surface area contributed by atoms with Crippen LogP contribution in [0.3, 0.4) is 0 Å². The second-order valence-electron chi connectivity index (χ2n) is 3.74. The molecule has 1 aliphatic rings. The van der Waals surface area contributed by atoms with Gasteiger partial charge in [-0.15, -0.1) is 0 Å². The number of aliphatic hydroxyl groups is 2. The van der Waals surface area contributed by atoms with Crippen LogP contribution >= 0.6 is 15.9 Å². The van der Waals surface area contributed by atoms with Crippen LogP contribution < -0.4 is 4.90 Å². The van der Waals surface area contributed by atoms with Gasteiger partial charge in [0.15, 0.2) is 0 Å². The number of benzene rings is 1. The van der Waals surface area contributed by atoms with Gasteiger partial charge in [0, 0.05) is 4.47 Å². The molecule has 5 nitrogen and oxygen atoms in total. The molecule has 17 heavy (non-hydrogen) atoms. The Kier molecular flexibility index (Phi) is 3.28. The highest BCUT2D eigenvalue weighted by molar-refractivity contribution is 9.10. The minimum Gasteiger partial charge on any atom is -0.394 e. The van der Waals surface area contributed by atoms with Crippen molar-refractivity contribution in [1.29, 1.82) is 0 Å². The van der Waals surface area contributed by atoms with Crippen LogP contribution in [0.4, 0.5) is 5.69 Å². The smallest absolute Gasteiger partial charge is 0.299 e. The number of halogens is 1. The number of nitrogens with zero attached hydrogens (tertiary/aromatic N) is 1. The van der Waals surface area contributed by atoms with Gasteiger partial charge >= 0.3 is 0 Å². The zero-order valence-electron chi connectivity index (χ0n) is 8.76. The van der Waals surface area contributed by atoms with E-state index in [-0.39, 0.29) is 6.54 Å². The van der Waals surface area contributed by atoms with E-state index in [1.165, 1.54) is 4.90 Å². The maximum absolute atomic E-state index is 11.7. The Hall–Kier alpha value is -1.24. The monoisotopic (exact) mass is 299 g/mol. The van der Waals surface area contributed by atoms with Crippen molar-refractivity contribution >= 4 is 33.3 Å². The molecule has 0 spiro atoms. The van der Waals surface area contributed by atoms with Gasteiger partial charge in [-0.05, 0) is 18.2 Å². The Morgan fingerprint density at radius 3 is 2.71 bits per heavy atom. The maximum Gasteiger partial charge on any atom is 0.299 e. The van der Waals surface area contributed by atoms with Crippen LogP contribution in [0.1, 0.15) is 10.4 Å². The lowest BCUT2D eigenvalue weighted by atomic mass is 10.1. The SMILES string of the molecule is O=C1C(=O)N(CC(O)CO)c2cc(Br)ccc21. The third-order valence-corrected chi connectivity index (χ3v) is 3.03. The van der Waals surface area contributed by atoms with Crippen LogP contribution in [0.2, 0.25) is 0 Å². The number of amides is 1. The fourth-order valence-corrected chi connectivity index (χ4v) is 2.07. The standard InChI is InChI=1S/C11H10BrNO4/c12-6-1-2-8-9(3-6)13(4-7(15)5-14)11(17)10(8)16/h1-3,7,14-15H,4-5H2. The predicted octanol–water partition coefficient (Wildman–Crippen LogP) is 0.332. The summed E-state index contributed by atoms with van der Waals surface area (Å²) in [6, 6.07) is 4.88. The lowest BCUT2D eigenvalue weighted by Crippen LogP contribution is -2.38. The predicted molar refractivity (Wildman–Crippen MR) is 63.9 cm³/mol. The molecule has 2 rings (SSSR count). The van der Waals surface area contributed by atoms with E-state index in [0.29, 0.717) is 11.3 Å². The van der Waals surface area contributed by atoms with Crippen LogP contribution in [0.5, 0.6) is 0 Å². The van der Waals surface area contributed by atoms with Crippen molar-refractivity contribution in [2.24, 2.45) is 0 Å². The van der Waals surface area contributed by atoms with Gasteiger partial charge in [0.05, 0.1) is 30.5 Å². The quantitative estimate of drug-likeness (QED) is 0.789. The minimum atomic E-state index is -1.06. The molecule has 0 aromatic heterocycles. The first kappa shape index (κ1) is 12.2. The number of hydrogen-bond acceptors (Lipinski definition) is 4. The van der Waals surface area contributed by atoms with E-state index in [2.05, 4.69) is 15.9 Å². The summed E-state index contributed by atoms with van der Waals surface area (Å²) in [4.78, 5) is 24.5. The number of carbonyl (C=O) groups is 2. The molecule has 0 bridgehead atoms. The molecule has 1 aromatic rings. The van der Waals surface area contributed by atoms with E-state index in [1.807, 2.05) is 0 Å². The first-order valence-corrected chi connectivity index (χ1v) is 5.78. The molecule has 1 heterocycles. The largest absolute Gasteiger partial charge is 0.394 e. The topological polar surface area (TPSA) is 77.8 Å². The van der Waals surface area contributed by atoms with Gasteiger partial charge in [0.1, 0.15) is 0 Å². The first-order valence-electron chi connectivity index (χ1n) is 4.99. The van der Waals surface area contributed by atoms with Crippen molar-refractivity contribution in [3.63, 3.8) is 0 Å². The Morgan fingerprint density at radius 1 is 1.35 bits per heavy atom. The van der Waals surface area contributed by atoms with Gasteiger partial charge in [-0.25, -0.2) is 0 Å². The molecule has 0 saturated heterocycles. The van der Waals surface area contributed by atoms with E-state index in [1.54, 1.807) is 18.2 Å². The lowest BCUT2D eigenvalue weighted by Gasteiger charge is -2.19. The number of aliphatic hydroxyl groups excluding tert-OH is 2.